The highest BCUT2D eigenvalue weighted by Gasteiger charge is 2.30. The average Bonchev–Trinajstić information content (AvgIpc) is 3.26. The number of aryl methyl sites for hydroxylation is 1. The third-order valence-electron chi connectivity index (χ3n) is 3.27. The van der Waals surface area contributed by atoms with Gasteiger partial charge in [0.1, 0.15) is 0 Å². The number of benzene rings is 1. The van der Waals surface area contributed by atoms with Crippen LogP contribution < -0.4 is 5.32 Å². The van der Waals surface area contributed by atoms with Gasteiger partial charge in [-0.1, -0.05) is 23.7 Å². The van der Waals surface area contributed by atoms with Gasteiger partial charge in [0.15, 0.2) is 0 Å². The maximum atomic E-state index is 11.7. The Labute approximate surface area is 122 Å². The summed E-state index contributed by atoms with van der Waals surface area (Å²) in [6.07, 6.45) is 3.64. The second-order valence-corrected chi connectivity index (χ2v) is 5.43. The Morgan fingerprint density at radius 2 is 2.00 bits per heavy atom. The Hall–Kier alpha value is -1.94. The number of rotatable bonds is 3. The highest BCUT2D eigenvalue weighted by molar-refractivity contribution is 6.30. The fourth-order valence-electron chi connectivity index (χ4n) is 1.96. The smallest absolute Gasteiger partial charge is 0.229 e. The van der Waals surface area contributed by atoms with Crippen LogP contribution in [0.25, 0.3) is 11.3 Å². The molecule has 0 unspecified atom stereocenters. The summed E-state index contributed by atoms with van der Waals surface area (Å²) in [5.41, 5.74) is 2.72. The first-order valence-corrected chi connectivity index (χ1v) is 6.92. The van der Waals surface area contributed by atoms with E-state index in [1.165, 1.54) is 0 Å². The number of anilines is 1. The third-order valence-corrected chi connectivity index (χ3v) is 3.52. The molecule has 1 saturated carbocycles. The molecule has 0 radical (unpaired) electrons. The molecule has 0 aliphatic heterocycles. The van der Waals surface area contributed by atoms with Gasteiger partial charge in [-0.3, -0.25) is 10.1 Å². The molecule has 2 aromatic rings. The maximum Gasteiger partial charge on any atom is 0.229 e. The van der Waals surface area contributed by atoms with Crippen molar-refractivity contribution < 1.29 is 4.79 Å². The summed E-state index contributed by atoms with van der Waals surface area (Å²) in [5, 5.41) is 3.45. The van der Waals surface area contributed by atoms with Crippen LogP contribution in [0.15, 0.2) is 30.5 Å². The summed E-state index contributed by atoms with van der Waals surface area (Å²) < 4.78 is 0. The van der Waals surface area contributed by atoms with Crippen molar-refractivity contribution in [2.75, 3.05) is 5.32 Å². The number of hydrogen-bond donors (Lipinski definition) is 1. The zero-order chi connectivity index (χ0) is 14.1. The van der Waals surface area contributed by atoms with E-state index < -0.39 is 0 Å². The number of carbonyl (C=O) groups is 1. The van der Waals surface area contributed by atoms with E-state index in [4.69, 9.17) is 11.6 Å². The standard InChI is InChI=1S/C15H14ClN3O/c1-9-8-17-15(19-14(20)11-2-3-11)18-13(9)10-4-6-12(16)7-5-10/h4-8,11H,2-3H2,1H3,(H,17,18,19,20). The molecule has 3 rings (SSSR count). The minimum absolute atomic E-state index is 0.0101. The van der Waals surface area contributed by atoms with Crippen LogP contribution >= 0.6 is 11.6 Å². The fraction of sp³-hybridized carbons (Fsp3) is 0.267. The van der Waals surface area contributed by atoms with E-state index in [9.17, 15) is 4.79 Å². The van der Waals surface area contributed by atoms with Crippen molar-refractivity contribution in [3.05, 3.63) is 41.0 Å². The molecule has 4 nitrogen and oxygen atoms in total. The topological polar surface area (TPSA) is 54.9 Å². The van der Waals surface area contributed by atoms with Gasteiger partial charge in [0.05, 0.1) is 5.69 Å². The number of nitrogens with one attached hydrogen (secondary N) is 1. The van der Waals surface area contributed by atoms with Crippen LogP contribution in [0, 0.1) is 12.8 Å². The lowest BCUT2D eigenvalue weighted by molar-refractivity contribution is -0.117. The molecule has 1 heterocycles. The second kappa shape index (κ2) is 5.21. The van der Waals surface area contributed by atoms with Gasteiger partial charge in [-0.15, -0.1) is 0 Å². The Kier molecular flexibility index (Phi) is 3.40. The molecular weight excluding hydrogens is 274 g/mol. The van der Waals surface area contributed by atoms with Gasteiger partial charge in [-0.25, -0.2) is 9.97 Å². The molecule has 0 spiro atoms. The maximum absolute atomic E-state index is 11.7. The first kappa shape index (κ1) is 13.1. The molecule has 20 heavy (non-hydrogen) atoms. The Balaban J connectivity index is 1.89. The van der Waals surface area contributed by atoms with Gasteiger partial charge in [0.2, 0.25) is 11.9 Å². The van der Waals surface area contributed by atoms with Crippen molar-refractivity contribution in [1.82, 2.24) is 9.97 Å². The lowest BCUT2D eigenvalue weighted by Crippen LogP contribution is -2.15. The van der Waals surface area contributed by atoms with Crippen molar-refractivity contribution in [1.29, 1.82) is 0 Å². The van der Waals surface area contributed by atoms with Gasteiger partial charge >= 0.3 is 0 Å². The highest BCUT2D eigenvalue weighted by atomic mass is 35.5. The Bertz CT molecular complexity index is 651. The monoisotopic (exact) mass is 287 g/mol. The predicted molar refractivity (Wildman–Crippen MR) is 78.6 cm³/mol. The fourth-order valence-corrected chi connectivity index (χ4v) is 2.09. The van der Waals surface area contributed by atoms with Crippen LogP contribution in [0.2, 0.25) is 5.02 Å². The number of nitrogens with zero attached hydrogens (tertiary/aromatic N) is 2. The first-order chi connectivity index (χ1) is 9.63. The van der Waals surface area contributed by atoms with E-state index >= 15 is 0 Å². The van der Waals surface area contributed by atoms with Crippen LogP contribution in [-0.2, 0) is 4.79 Å². The zero-order valence-corrected chi connectivity index (χ0v) is 11.8. The van der Waals surface area contributed by atoms with E-state index in [2.05, 4.69) is 15.3 Å². The van der Waals surface area contributed by atoms with Gasteiger partial charge in [0, 0.05) is 22.7 Å². The molecule has 1 fully saturated rings. The molecule has 102 valence electrons. The van der Waals surface area contributed by atoms with Gasteiger partial charge in [-0.2, -0.15) is 0 Å². The Morgan fingerprint density at radius 1 is 1.30 bits per heavy atom. The van der Waals surface area contributed by atoms with Crippen molar-refractivity contribution >= 4 is 23.5 Å². The number of halogens is 1. The first-order valence-electron chi connectivity index (χ1n) is 6.54. The van der Waals surface area contributed by atoms with Gasteiger partial charge < -0.3 is 0 Å². The summed E-state index contributed by atoms with van der Waals surface area (Å²) in [6, 6.07) is 7.45. The zero-order valence-electron chi connectivity index (χ0n) is 11.1. The van der Waals surface area contributed by atoms with Crippen LogP contribution in [-0.4, -0.2) is 15.9 Å². The summed E-state index contributed by atoms with van der Waals surface area (Å²) in [4.78, 5) is 20.3. The number of amides is 1. The minimum Gasteiger partial charge on any atom is -0.294 e. The molecule has 1 aliphatic carbocycles. The molecular formula is C15H14ClN3O. The number of carbonyl (C=O) groups excluding carboxylic acids is 1. The lowest BCUT2D eigenvalue weighted by atomic mass is 10.1. The lowest BCUT2D eigenvalue weighted by Gasteiger charge is -2.08. The molecule has 1 aromatic heterocycles. The van der Waals surface area contributed by atoms with Crippen LogP contribution in [0.4, 0.5) is 5.95 Å². The summed E-state index contributed by atoms with van der Waals surface area (Å²) in [5.74, 6) is 0.507. The second-order valence-electron chi connectivity index (χ2n) is 5.00. The molecule has 1 N–H and O–H groups in total. The van der Waals surface area contributed by atoms with E-state index in [-0.39, 0.29) is 11.8 Å². The van der Waals surface area contributed by atoms with Crippen molar-refractivity contribution in [3.8, 4) is 11.3 Å². The third kappa shape index (κ3) is 2.80. The molecule has 0 saturated heterocycles. The summed E-state index contributed by atoms with van der Waals surface area (Å²) >= 11 is 5.89. The van der Waals surface area contributed by atoms with E-state index in [1.54, 1.807) is 6.20 Å². The SMILES string of the molecule is Cc1cnc(NC(=O)C2CC2)nc1-c1ccc(Cl)cc1. The largest absolute Gasteiger partial charge is 0.294 e. The number of aromatic nitrogens is 2. The summed E-state index contributed by atoms with van der Waals surface area (Å²) in [6.45, 7) is 1.94. The van der Waals surface area contributed by atoms with Gasteiger partial charge in [0.25, 0.3) is 0 Å². The highest BCUT2D eigenvalue weighted by Crippen LogP contribution is 2.30. The molecule has 0 bridgehead atoms. The normalized spacial score (nSPS) is 14.1. The summed E-state index contributed by atoms with van der Waals surface area (Å²) in [7, 11) is 0. The van der Waals surface area contributed by atoms with E-state index in [0.717, 1.165) is 29.7 Å². The van der Waals surface area contributed by atoms with Crippen molar-refractivity contribution in [2.24, 2.45) is 5.92 Å². The van der Waals surface area contributed by atoms with Crippen molar-refractivity contribution in [2.45, 2.75) is 19.8 Å². The van der Waals surface area contributed by atoms with E-state index in [0.29, 0.717) is 11.0 Å². The van der Waals surface area contributed by atoms with Crippen molar-refractivity contribution in [3.63, 3.8) is 0 Å². The average molecular weight is 288 g/mol. The molecule has 1 amide bonds. The number of hydrogen-bond acceptors (Lipinski definition) is 3. The predicted octanol–water partition coefficient (Wildman–Crippen LogP) is 3.45. The molecule has 5 heteroatoms. The van der Waals surface area contributed by atoms with Gasteiger partial charge in [-0.05, 0) is 37.5 Å². The minimum atomic E-state index is 0.0101. The quantitative estimate of drug-likeness (QED) is 0.940. The Morgan fingerprint density at radius 3 is 2.65 bits per heavy atom. The van der Waals surface area contributed by atoms with Crippen LogP contribution in [0.5, 0.6) is 0 Å². The molecule has 1 aromatic carbocycles. The molecule has 1 aliphatic rings. The van der Waals surface area contributed by atoms with E-state index in [1.807, 2.05) is 31.2 Å². The van der Waals surface area contributed by atoms with Crippen LogP contribution in [0.3, 0.4) is 0 Å². The molecule has 0 atom stereocenters. The van der Waals surface area contributed by atoms with Crippen LogP contribution in [0.1, 0.15) is 18.4 Å².